The van der Waals surface area contributed by atoms with Gasteiger partial charge in [0.05, 0.1) is 11.1 Å². The van der Waals surface area contributed by atoms with Gasteiger partial charge in [0.2, 0.25) is 5.89 Å². The van der Waals surface area contributed by atoms with Gasteiger partial charge in [0, 0.05) is 6.54 Å². The van der Waals surface area contributed by atoms with Crippen LogP contribution in [0.25, 0.3) is 0 Å². The van der Waals surface area contributed by atoms with Crippen LogP contribution in [0.15, 0.2) is 28.8 Å². The smallest absolute Gasteiger partial charge is 0.337 e. The first-order valence-electron chi connectivity index (χ1n) is 7.15. The molecule has 1 aliphatic heterocycles. The van der Waals surface area contributed by atoms with Crippen LogP contribution in [0, 0.1) is 6.92 Å². The fraction of sp³-hybridized carbons (Fsp3) is 0.400. The third-order valence-corrected chi connectivity index (χ3v) is 3.80. The van der Waals surface area contributed by atoms with Gasteiger partial charge in [0.1, 0.15) is 6.04 Å². The Balaban J connectivity index is 1.94. The van der Waals surface area contributed by atoms with Crippen LogP contribution in [0.3, 0.4) is 0 Å². The van der Waals surface area contributed by atoms with Crippen LogP contribution in [-0.2, 0) is 6.18 Å². The zero-order valence-corrected chi connectivity index (χ0v) is 12.3. The molecule has 3 rings (SSSR count). The van der Waals surface area contributed by atoms with Gasteiger partial charge < -0.3 is 9.42 Å². The predicted octanol–water partition coefficient (Wildman–Crippen LogP) is 3.37. The van der Waals surface area contributed by atoms with Crippen LogP contribution in [0.4, 0.5) is 13.2 Å². The van der Waals surface area contributed by atoms with Crippen molar-refractivity contribution < 1.29 is 22.5 Å². The topological polar surface area (TPSA) is 59.2 Å². The summed E-state index contributed by atoms with van der Waals surface area (Å²) in [6.07, 6.45) is -3.32. The highest BCUT2D eigenvalue weighted by molar-refractivity contribution is 5.96. The Bertz CT molecular complexity index is 727. The van der Waals surface area contributed by atoms with Gasteiger partial charge in [-0.1, -0.05) is 17.3 Å². The number of carbonyl (C=O) groups excluding carboxylic acids is 1. The number of benzene rings is 1. The molecule has 23 heavy (non-hydrogen) atoms. The number of halogens is 3. The molecule has 1 saturated heterocycles. The van der Waals surface area contributed by atoms with Crippen LogP contribution in [0.2, 0.25) is 0 Å². The van der Waals surface area contributed by atoms with Crippen LogP contribution in [-0.4, -0.2) is 27.5 Å². The molecule has 5 nitrogen and oxygen atoms in total. The molecule has 2 aromatic rings. The summed E-state index contributed by atoms with van der Waals surface area (Å²) in [5.74, 6) is 0.0177. The summed E-state index contributed by atoms with van der Waals surface area (Å²) in [5.41, 5.74) is -1.29. The number of amides is 1. The van der Waals surface area contributed by atoms with Crippen LogP contribution < -0.4 is 0 Å². The van der Waals surface area contributed by atoms with E-state index >= 15 is 0 Å². The molecule has 1 aromatic carbocycles. The first kappa shape index (κ1) is 15.5. The summed E-state index contributed by atoms with van der Waals surface area (Å²) in [5, 5.41) is 3.68. The van der Waals surface area contributed by atoms with Gasteiger partial charge in [0.15, 0.2) is 5.82 Å². The summed E-state index contributed by atoms with van der Waals surface area (Å²) in [4.78, 5) is 18.1. The van der Waals surface area contributed by atoms with Crippen LogP contribution in [0.1, 0.15) is 46.5 Å². The normalized spacial score (nSPS) is 18.4. The third kappa shape index (κ3) is 2.93. The summed E-state index contributed by atoms with van der Waals surface area (Å²) >= 11 is 0. The molecular weight excluding hydrogens is 311 g/mol. The van der Waals surface area contributed by atoms with Crippen LogP contribution in [0.5, 0.6) is 0 Å². The molecule has 0 aliphatic carbocycles. The Kier molecular flexibility index (Phi) is 3.83. The Hall–Kier alpha value is -2.38. The van der Waals surface area contributed by atoms with E-state index < -0.39 is 23.7 Å². The van der Waals surface area contributed by atoms with E-state index in [1.165, 1.54) is 23.1 Å². The monoisotopic (exact) mass is 325 g/mol. The Labute approximate surface area is 130 Å². The van der Waals surface area contributed by atoms with E-state index in [0.717, 1.165) is 6.07 Å². The molecule has 1 atom stereocenters. The molecular formula is C15H14F3N3O2. The highest BCUT2D eigenvalue weighted by atomic mass is 19.4. The number of rotatable bonds is 2. The van der Waals surface area contributed by atoms with Gasteiger partial charge in [-0.25, -0.2) is 0 Å². The van der Waals surface area contributed by atoms with Gasteiger partial charge in [0.25, 0.3) is 5.91 Å². The number of aromatic nitrogens is 2. The second-order valence-corrected chi connectivity index (χ2v) is 5.38. The maximum atomic E-state index is 13.1. The van der Waals surface area contributed by atoms with E-state index in [0.29, 0.717) is 25.2 Å². The zero-order chi connectivity index (χ0) is 16.6. The number of carbonyl (C=O) groups is 1. The molecule has 0 spiro atoms. The highest BCUT2D eigenvalue weighted by Crippen LogP contribution is 2.36. The molecule has 0 saturated carbocycles. The van der Waals surface area contributed by atoms with Gasteiger partial charge in [-0.3, -0.25) is 4.79 Å². The molecule has 0 bridgehead atoms. The van der Waals surface area contributed by atoms with E-state index in [4.69, 9.17) is 4.52 Å². The van der Waals surface area contributed by atoms with Crippen molar-refractivity contribution in [3.63, 3.8) is 0 Å². The quantitative estimate of drug-likeness (QED) is 0.849. The van der Waals surface area contributed by atoms with Crippen molar-refractivity contribution in [3.05, 3.63) is 47.1 Å². The Morgan fingerprint density at radius 1 is 1.35 bits per heavy atom. The average Bonchev–Trinajstić information content (AvgIpc) is 3.14. The second-order valence-electron chi connectivity index (χ2n) is 5.38. The number of likely N-dealkylation sites (tertiary alicyclic amines) is 1. The third-order valence-electron chi connectivity index (χ3n) is 3.80. The van der Waals surface area contributed by atoms with Gasteiger partial charge in [-0.15, -0.1) is 0 Å². The van der Waals surface area contributed by atoms with Gasteiger partial charge in [-0.05, 0) is 31.9 Å². The van der Waals surface area contributed by atoms with Crippen molar-refractivity contribution in [2.24, 2.45) is 0 Å². The second kappa shape index (κ2) is 5.68. The standard InChI is InChI=1S/C15H14F3N3O2/c1-9-19-13(23-20-9)12-7-4-8-21(12)14(22)10-5-2-3-6-11(10)15(16,17)18/h2-3,5-6,12H,4,7-8H2,1H3. The van der Waals surface area contributed by atoms with Gasteiger partial charge >= 0.3 is 6.18 Å². The summed E-state index contributed by atoms with van der Waals surface area (Å²) in [6, 6.07) is 4.31. The Morgan fingerprint density at radius 2 is 2.09 bits per heavy atom. The van der Waals surface area contributed by atoms with Crippen molar-refractivity contribution in [3.8, 4) is 0 Å². The number of nitrogens with zero attached hydrogens (tertiary/aromatic N) is 3. The lowest BCUT2D eigenvalue weighted by Crippen LogP contribution is -2.32. The number of hydrogen-bond donors (Lipinski definition) is 0. The molecule has 1 amide bonds. The van der Waals surface area contributed by atoms with E-state index in [1.54, 1.807) is 6.92 Å². The minimum atomic E-state index is -4.58. The maximum absolute atomic E-state index is 13.1. The fourth-order valence-corrected chi connectivity index (χ4v) is 2.79. The van der Waals surface area contributed by atoms with Crippen molar-refractivity contribution in [2.45, 2.75) is 32.0 Å². The molecule has 0 radical (unpaired) electrons. The highest BCUT2D eigenvalue weighted by Gasteiger charge is 2.39. The lowest BCUT2D eigenvalue weighted by molar-refractivity contribution is -0.138. The lowest BCUT2D eigenvalue weighted by Gasteiger charge is -2.23. The number of alkyl halides is 3. The number of hydrogen-bond acceptors (Lipinski definition) is 4. The molecule has 1 aliphatic rings. The van der Waals surface area contributed by atoms with E-state index in [2.05, 4.69) is 10.1 Å². The predicted molar refractivity (Wildman–Crippen MR) is 73.5 cm³/mol. The SMILES string of the molecule is Cc1noc(C2CCCN2C(=O)c2ccccc2C(F)(F)F)n1. The molecule has 2 heterocycles. The Morgan fingerprint density at radius 3 is 2.74 bits per heavy atom. The molecule has 122 valence electrons. The fourth-order valence-electron chi connectivity index (χ4n) is 2.79. The summed E-state index contributed by atoms with van der Waals surface area (Å²) in [7, 11) is 0. The molecule has 0 N–H and O–H groups in total. The van der Waals surface area contributed by atoms with E-state index in [1.807, 2.05) is 0 Å². The first-order valence-corrected chi connectivity index (χ1v) is 7.15. The first-order chi connectivity index (χ1) is 10.9. The zero-order valence-electron chi connectivity index (χ0n) is 12.3. The summed E-state index contributed by atoms with van der Waals surface area (Å²) in [6.45, 7) is 2.00. The van der Waals surface area contributed by atoms with Crippen molar-refractivity contribution >= 4 is 5.91 Å². The van der Waals surface area contributed by atoms with Gasteiger partial charge in [-0.2, -0.15) is 18.2 Å². The minimum absolute atomic E-state index is 0.262. The average molecular weight is 325 g/mol. The van der Waals surface area contributed by atoms with Crippen molar-refractivity contribution in [2.75, 3.05) is 6.54 Å². The molecule has 8 heteroatoms. The maximum Gasteiger partial charge on any atom is 0.417 e. The van der Waals surface area contributed by atoms with E-state index in [-0.39, 0.29) is 11.5 Å². The van der Waals surface area contributed by atoms with Crippen molar-refractivity contribution in [1.82, 2.24) is 15.0 Å². The molecule has 1 unspecified atom stereocenters. The summed E-state index contributed by atoms with van der Waals surface area (Å²) < 4.78 is 44.4. The van der Waals surface area contributed by atoms with Crippen molar-refractivity contribution in [1.29, 1.82) is 0 Å². The lowest BCUT2D eigenvalue weighted by atomic mass is 10.1. The minimum Gasteiger partial charge on any atom is -0.337 e. The molecule has 1 aromatic heterocycles. The largest absolute Gasteiger partial charge is 0.417 e. The number of aryl methyl sites for hydroxylation is 1. The molecule has 1 fully saturated rings. The van der Waals surface area contributed by atoms with Crippen LogP contribution >= 0.6 is 0 Å². The van der Waals surface area contributed by atoms with E-state index in [9.17, 15) is 18.0 Å².